The van der Waals surface area contributed by atoms with Crippen LogP contribution >= 0.6 is 11.6 Å². The minimum absolute atomic E-state index is 0.504. The minimum Gasteiger partial charge on any atom is -0.465 e. The maximum Gasteiger partial charge on any atom is 0.404 e. The van der Waals surface area contributed by atoms with Gasteiger partial charge in [0, 0.05) is 24.8 Å². The summed E-state index contributed by atoms with van der Waals surface area (Å²) in [6.07, 6.45) is 8.36. The van der Waals surface area contributed by atoms with E-state index in [4.69, 9.17) is 16.7 Å². The number of aromatic nitrogens is 4. The molecular weight excluding hydrogens is 354 g/mol. The van der Waals surface area contributed by atoms with Crippen LogP contribution in [0.5, 0.6) is 0 Å². The van der Waals surface area contributed by atoms with Crippen molar-refractivity contribution in [2.24, 2.45) is 0 Å². The first-order valence-corrected chi connectivity index (χ1v) is 8.92. The van der Waals surface area contributed by atoms with E-state index in [1.807, 2.05) is 23.0 Å². The maximum absolute atomic E-state index is 10.3. The molecule has 0 unspecified atom stereocenters. The molecule has 0 spiro atoms. The minimum atomic E-state index is -0.966. The molecule has 0 radical (unpaired) electrons. The predicted octanol–water partition coefficient (Wildman–Crippen LogP) is 3.97. The number of hydrogen-bond acceptors (Lipinski definition) is 4. The summed E-state index contributed by atoms with van der Waals surface area (Å²) >= 11 is 6.20. The molecule has 0 bridgehead atoms. The first kappa shape index (κ1) is 18.1. The molecule has 136 valence electrons. The van der Waals surface area contributed by atoms with E-state index in [-0.39, 0.29) is 0 Å². The topological polar surface area (TPSA) is 92.9 Å². The third-order valence-electron chi connectivity index (χ3n) is 4.04. The number of nitrogens with one attached hydrogen (secondary N) is 1. The van der Waals surface area contributed by atoms with Gasteiger partial charge in [-0.25, -0.2) is 9.78 Å². The van der Waals surface area contributed by atoms with Gasteiger partial charge in [-0.3, -0.25) is 9.67 Å². The van der Waals surface area contributed by atoms with Crippen molar-refractivity contribution in [3.63, 3.8) is 0 Å². The first-order valence-electron chi connectivity index (χ1n) is 8.54. The summed E-state index contributed by atoms with van der Waals surface area (Å²) in [7, 11) is 0. The van der Waals surface area contributed by atoms with Crippen molar-refractivity contribution >= 4 is 28.7 Å². The summed E-state index contributed by atoms with van der Waals surface area (Å²) in [6, 6.07) is 5.54. The Labute approximate surface area is 156 Å². The van der Waals surface area contributed by atoms with Crippen LogP contribution in [0.15, 0.2) is 36.8 Å². The molecule has 0 aliphatic heterocycles. The van der Waals surface area contributed by atoms with Gasteiger partial charge in [-0.15, -0.1) is 0 Å². The largest absolute Gasteiger partial charge is 0.465 e. The van der Waals surface area contributed by atoms with Crippen molar-refractivity contribution in [3.05, 3.63) is 41.8 Å². The lowest BCUT2D eigenvalue weighted by molar-refractivity contribution is 0.194. The van der Waals surface area contributed by atoms with Gasteiger partial charge in [0.25, 0.3) is 0 Å². The van der Waals surface area contributed by atoms with Crippen LogP contribution in [0.4, 0.5) is 4.79 Å². The van der Waals surface area contributed by atoms with E-state index in [9.17, 15) is 4.79 Å². The molecule has 0 atom stereocenters. The quantitative estimate of drug-likeness (QED) is 0.582. The smallest absolute Gasteiger partial charge is 0.404 e. The number of rotatable bonds is 8. The number of aryl methyl sites for hydroxylation is 1. The molecule has 0 saturated heterocycles. The summed E-state index contributed by atoms with van der Waals surface area (Å²) in [6.45, 7) is 1.32. The SMILES string of the molecule is O=C(O)NCCCCCCn1cc(-c2cnc3cccc(Cl)c3n2)cn1. The number of benzene rings is 1. The molecule has 0 saturated carbocycles. The Hall–Kier alpha value is -2.67. The fourth-order valence-electron chi connectivity index (χ4n) is 2.70. The lowest BCUT2D eigenvalue weighted by Gasteiger charge is -2.03. The van der Waals surface area contributed by atoms with E-state index in [1.54, 1.807) is 18.5 Å². The molecule has 0 fully saturated rings. The number of unbranched alkanes of at least 4 members (excludes halogenated alkanes) is 3. The van der Waals surface area contributed by atoms with Crippen LogP contribution in [0.1, 0.15) is 25.7 Å². The molecule has 1 amide bonds. The third kappa shape index (κ3) is 4.70. The summed E-state index contributed by atoms with van der Waals surface area (Å²) in [5.41, 5.74) is 3.11. The molecule has 2 aromatic heterocycles. The van der Waals surface area contributed by atoms with Crippen LogP contribution in [0.2, 0.25) is 5.02 Å². The van der Waals surface area contributed by atoms with Crippen molar-refractivity contribution in [2.75, 3.05) is 6.54 Å². The molecule has 26 heavy (non-hydrogen) atoms. The third-order valence-corrected chi connectivity index (χ3v) is 4.35. The molecule has 2 N–H and O–H groups in total. The Kier molecular flexibility index (Phi) is 6.01. The summed E-state index contributed by atoms with van der Waals surface area (Å²) in [4.78, 5) is 19.4. The number of fused-ring (bicyclic) bond motifs is 1. The summed E-state index contributed by atoms with van der Waals surface area (Å²) in [5, 5.41) is 15.8. The second kappa shape index (κ2) is 8.62. The van der Waals surface area contributed by atoms with Gasteiger partial charge in [0.05, 0.1) is 28.6 Å². The lowest BCUT2D eigenvalue weighted by atomic mass is 10.2. The molecular formula is C18H20ClN5O2. The van der Waals surface area contributed by atoms with E-state index in [2.05, 4.69) is 20.4 Å². The monoisotopic (exact) mass is 373 g/mol. The van der Waals surface area contributed by atoms with Gasteiger partial charge in [0.1, 0.15) is 5.52 Å². The van der Waals surface area contributed by atoms with Crippen molar-refractivity contribution in [3.8, 4) is 11.3 Å². The Morgan fingerprint density at radius 2 is 2.04 bits per heavy atom. The molecule has 0 aliphatic rings. The molecule has 7 nitrogen and oxygen atoms in total. The van der Waals surface area contributed by atoms with Crippen LogP contribution in [0.25, 0.3) is 22.3 Å². The number of para-hydroxylation sites is 1. The number of halogens is 1. The lowest BCUT2D eigenvalue weighted by Crippen LogP contribution is -2.21. The van der Waals surface area contributed by atoms with Gasteiger partial charge in [0.2, 0.25) is 0 Å². The number of amides is 1. The van der Waals surface area contributed by atoms with Gasteiger partial charge in [-0.2, -0.15) is 5.10 Å². The normalized spacial score (nSPS) is 11.0. The Balaban J connectivity index is 1.53. The second-order valence-electron chi connectivity index (χ2n) is 6.00. The zero-order valence-corrected chi connectivity index (χ0v) is 15.0. The van der Waals surface area contributed by atoms with E-state index < -0.39 is 6.09 Å². The van der Waals surface area contributed by atoms with Gasteiger partial charge in [-0.1, -0.05) is 30.5 Å². The van der Waals surface area contributed by atoms with Gasteiger partial charge >= 0.3 is 6.09 Å². The van der Waals surface area contributed by atoms with Crippen molar-refractivity contribution < 1.29 is 9.90 Å². The van der Waals surface area contributed by atoms with E-state index in [1.165, 1.54) is 0 Å². The highest BCUT2D eigenvalue weighted by Gasteiger charge is 2.07. The van der Waals surface area contributed by atoms with Crippen LogP contribution in [-0.4, -0.2) is 37.5 Å². The Bertz CT molecular complexity index is 896. The van der Waals surface area contributed by atoms with Gasteiger partial charge in [-0.05, 0) is 25.0 Å². The zero-order chi connectivity index (χ0) is 18.4. The van der Waals surface area contributed by atoms with Crippen molar-refractivity contribution in [1.82, 2.24) is 25.1 Å². The van der Waals surface area contributed by atoms with E-state index in [0.717, 1.165) is 49.0 Å². The highest BCUT2D eigenvalue weighted by Crippen LogP contribution is 2.23. The number of carbonyl (C=O) groups is 1. The first-order chi connectivity index (χ1) is 12.6. The van der Waals surface area contributed by atoms with E-state index in [0.29, 0.717) is 17.1 Å². The standard InChI is InChI=1S/C18H20ClN5O2/c19-14-6-5-7-15-17(14)23-16(11-21-15)13-10-22-24(12-13)9-4-2-1-3-8-20-18(25)26/h5-7,10-12,20H,1-4,8-9H2,(H,25,26). The molecule has 2 heterocycles. The van der Waals surface area contributed by atoms with E-state index >= 15 is 0 Å². The van der Waals surface area contributed by atoms with Crippen LogP contribution in [0, 0.1) is 0 Å². The van der Waals surface area contributed by atoms with Crippen LogP contribution in [-0.2, 0) is 6.54 Å². The average Bonchev–Trinajstić information content (AvgIpc) is 3.10. The fraction of sp³-hybridized carbons (Fsp3) is 0.333. The highest BCUT2D eigenvalue weighted by molar-refractivity contribution is 6.34. The van der Waals surface area contributed by atoms with Crippen molar-refractivity contribution in [1.29, 1.82) is 0 Å². The maximum atomic E-state index is 10.3. The second-order valence-corrected chi connectivity index (χ2v) is 6.41. The van der Waals surface area contributed by atoms with Crippen LogP contribution < -0.4 is 5.32 Å². The Morgan fingerprint density at radius 1 is 1.19 bits per heavy atom. The molecule has 0 aliphatic carbocycles. The number of carboxylic acid groups (broad SMARTS) is 1. The van der Waals surface area contributed by atoms with Gasteiger partial charge < -0.3 is 10.4 Å². The molecule has 3 aromatic rings. The molecule has 3 rings (SSSR count). The van der Waals surface area contributed by atoms with Crippen LogP contribution in [0.3, 0.4) is 0 Å². The number of nitrogens with zero attached hydrogens (tertiary/aromatic N) is 4. The van der Waals surface area contributed by atoms with Crippen molar-refractivity contribution in [2.45, 2.75) is 32.2 Å². The highest BCUT2D eigenvalue weighted by atomic mass is 35.5. The Morgan fingerprint density at radius 3 is 2.88 bits per heavy atom. The average molecular weight is 374 g/mol. The summed E-state index contributed by atoms with van der Waals surface area (Å²) in [5.74, 6) is 0. The summed E-state index contributed by atoms with van der Waals surface area (Å²) < 4.78 is 1.89. The fourth-order valence-corrected chi connectivity index (χ4v) is 2.92. The predicted molar refractivity (Wildman–Crippen MR) is 100 cm³/mol. The van der Waals surface area contributed by atoms with Gasteiger partial charge in [0.15, 0.2) is 0 Å². The zero-order valence-electron chi connectivity index (χ0n) is 14.2. The number of hydrogen-bond donors (Lipinski definition) is 2. The molecule has 1 aromatic carbocycles. The molecule has 8 heteroatoms.